The number of nitrogens with one attached hydrogen (secondary N) is 1. The first-order valence-corrected chi connectivity index (χ1v) is 11.8. The number of likely N-dealkylation sites (tertiary alicyclic amines) is 1. The van der Waals surface area contributed by atoms with Gasteiger partial charge in [-0.1, -0.05) is 12.1 Å². The Balaban J connectivity index is 1.19. The lowest BCUT2D eigenvalue weighted by atomic mass is 9.89. The van der Waals surface area contributed by atoms with Gasteiger partial charge < -0.3 is 14.8 Å². The van der Waals surface area contributed by atoms with Gasteiger partial charge in [-0.05, 0) is 66.8 Å². The van der Waals surface area contributed by atoms with Gasteiger partial charge in [0.2, 0.25) is 0 Å². The number of amides is 2. The quantitative estimate of drug-likeness (QED) is 0.409. The Bertz CT molecular complexity index is 1460. The highest BCUT2D eigenvalue weighted by atomic mass is 19.4. The molecule has 2 aromatic heterocycles. The average Bonchev–Trinajstić information content (AvgIpc) is 3.30. The molecule has 0 spiro atoms. The monoisotopic (exact) mass is 507 g/mol. The molecule has 0 radical (unpaired) electrons. The minimum absolute atomic E-state index is 0.0170. The van der Waals surface area contributed by atoms with Crippen LogP contribution < -0.4 is 5.32 Å². The Morgan fingerprint density at radius 3 is 2.41 bits per heavy atom. The van der Waals surface area contributed by atoms with Crippen LogP contribution in [0, 0.1) is 0 Å². The minimum atomic E-state index is -4.53. The molecule has 5 rings (SSSR count). The molecule has 0 saturated carbocycles. The zero-order chi connectivity index (χ0) is 26.2. The first-order chi connectivity index (χ1) is 17.7. The third-order valence-corrected chi connectivity index (χ3v) is 6.82. The predicted octanol–water partition coefficient (Wildman–Crippen LogP) is 5.26. The molecule has 1 saturated heterocycles. The maximum atomic E-state index is 13.0. The van der Waals surface area contributed by atoms with E-state index in [-0.39, 0.29) is 17.5 Å². The van der Waals surface area contributed by atoms with E-state index in [1.807, 2.05) is 29.2 Å². The van der Waals surface area contributed by atoms with Gasteiger partial charge in [0.25, 0.3) is 11.8 Å². The molecule has 2 aromatic carbocycles. The van der Waals surface area contributed by atoms with E-state index in [9.17, 15) is 22.8 Å². The Labute approximate surface area is 210 Å². The second-order valence-corrected chi connectivity index (χ2v) is 9.10. The normalized spacial score (nSPS) is 14.6. The van der Waals surface area contributed by atoms with Crippen LogP contribution in [0.4, 0.5) is 18.9 Å². The lowest BCUT2D eigenvalue weighted by Crippen LogP contribution is -2.37. The number of fused-ring (bicyclic) bond motifs is 1. The number of nitrogens with zero attached hydrogens (tertiary/aromatic N) is 4. The number of carbonyl (C=O) groups excluding carboxylic acids is 2. The van der Waals surface area contributed by atoms with Gasteiger partial charge in [0.05, 0.1) is 5.52 Å². The molecule has 1 aliphatic heterocycles. The molecule has 2 amide bonds. The Morgan fingerprint density at radius 1 is 1.00 bits per heavy atom. The van der Waals surface area contributed by atoms with Crippen molar-refractivity contribution in [1.29, 1.82) is 0 Å². The van der Waals surface area contributed by atoms with Gasteiger partial charge in [-0.25, -0.2) is 9.97 Å². The Hall–Kier alpha value is -4.21. The van der Waals surface area contributed by atoms with E-state index < -0.39 is 17.8 Å². The average molecular weight is 508 g/mol. The van der Waals surface area contributed by atoms with Crippen molar-refractivity contribution in [3.8, 4) is 0 Å². The van der Waals surface area contributed by atoms with Crippen molar-refractivity contribution in [2.75, 3.05) is 18.4 Å². The summed E-state index contributed by atoms with van der Waals surface area (Å²) in [5.74, 6) is -0.365. The lowest BCUT2D eigenvalue weighted by molar-refractivity contribution is -0.143. The summed E-state index contributed by atoms with van der Waals surface area (Å²) in [5, 5.41) is 3.48. The fraction of sp³-hybridized carbons (Fsp3) is 0.259. The van der Waals surface area contributed by atoms with Gasteiger partial charge in [-0.2, -0.15) is 13.2 Å². The molecule has 0 bridgehead atoms. The highest BCUT2D eigenvalue weighted by Crippen LogP contribution is 2.31. The summed E-state index contributed by atoms with van der Waals surface area (Å²) >= 11 is 0. The SMILES string of the molecule is Cn1c(C(=O)Nc2ccc(C3CCN(C(=O)c4ccc5ncncc5c4)CC3)cc2)ccc1C(F)(F)F. The molecule has 1 fully saturated rings. The van der Waals surface area contributed by atoms with Crippen LogP contribution in [0.3, 0.4) is 0 Å². The number of alkyl halides is 3. The number of benzene rings is 2. The molecule has 0 aliphatic carbocycles. The summed E-state index contributed by atoms with van der Waals surface area (Å²) in [6.45, 7) is 1.25. The first-order valence-electron chi connectivity index (χ1n) is 11.8. The highest BCUT2D eigenvalue weighted by molar-refractivity contribution is 6.03. The number of hydrogen-bond acceptors (Lipinski definition) is 4. The molecule has 1 aliphatic rings. The number of rotatable bonds is 4. The summed E-state index contributed by atoms with van der Waals surface area (Å²) < 4.78 is 39.9. The van der Waals surface area contributed by atoms with Crippen LogP contribution in [0.5, 0.6) is 0 Å². The molecular formula is C27H24F3N5O2. The van der Waals surface area contributed by atoms with Gasteiger partial charge in [-0.15, -0.1) is 0 Å². The van der Waals surface area contributed by atoms with Crippen molar-refractivity contribution in [3.63, 3.8) is 0 Å². The zero-order valence-electron chi connectivity index (χ0n) is 20.0. The van der Waals surface area contributed by atoms with E-state index in [1.165, 1.54) is 13.4 Å². The van der Waals surface area contributed by atoms with Crippen molar-refractivity contribution in [2.24, 2.45) is 7.05 Å². The van der Waals surface area contributed by atoms with E-state index in [0.717, 1.165) is 46.0 Å². The molecule has 0 atom stereocenters. The fourth-order valence-electron chi connectivity index (χ4n) is 4.77. The molecule has 190 valence electrons. The predicted molar refractivity (Wildman–Crippen MR) is 132 cm³/mol. The van der Waals surface area contributed by atoms with Crippen LogP contribution in [-0.2, 0) is 13.2 Å². The van der Waals surface area contributed by atoms with Crippen LogP contribution in [0.15, 0.2) is 67.1 Å². The van der Waals surface area contributed by atoms with Crippen molar-refractivity contribution in [2.45, 2.75) is 24.9 Å². The van der Waals surface area contributed by atoms with Crippen molar-refractivity contribution >= 4 is 28.4 Å². The maximum Gasteiger partial charge on any atom is 0.431 e. The summed E-state index contributed by atoms with van der Waals surface area (Å²) in [6.07, 6.45) is 0.247. The molecular weight excluding hydrogens is 483 g/mol. The Morgan fingerprint density at radius 2 is 1.73 bits per heavy atom. The second kappa shape index (κ2) is 9.68. The van der Waals surface area contributed by atoms with E-state index in [1.54, 1.807) is 24.4 Å². The number of carbonyl (C=O) groups is 2. The van der Waals surface area contributed by atoms with Crippen molar-refractivity contribution < 1.29 is 22.8 Å². The molecule has 37 heavy (non-hydrogen) atoms. The van der Waals surface area contributed by atoms with Crippen LogP contribution in [-0.4, -0.2) is 44.3 Å². The van der Waals surface area contributed by atoms with Gasteiger partial charge >= 0.3 is 6.18 Å². The number of piperidine rings is 1. The van der Waals surface area contributed by atoms with Crippen molar-refractivity contribution in [1.82, 2.24) is 19.4 Å². The standard InChI is InChI=1S/C27H24F3N5O2/c1-34-23(8-9-24(34)27(28,29)30)25(36)33-21-5-2-17(3-6-21)18-10-12-35(13-11-18)26(37)19-4-7-22-20(14-19)15-31-16-32-22/h2-9,14-16,18H,10-13H2,1H3,(H,33,36). The van der Waals surface area contributed by atoms with E-state index in [2.05, 4.69) is 15.3 Å². The number of hydrogen-bond donors (Lipinski definition) is 1. The number of anilines is 1. The molecule has 0 unspecified atom stereocenters. The third kappa shape index (κ3) is 5.04. The summed E-state index contributed by atoms with van der Waals surface area (Å²) in [5.41, 5.74) is 2.03. The Kier molecular flexibility index (Phi) is 6.41. The molecule has 10 heteroatoms. The first kappa shape index (κ1) is 24.5. The zero-order valence-corrected chi connectivity index (χ0v) is 20.0. The van der Waals surface area contributed by atoms with Crippen LogP contribution in [0.25, 0.3) is 10.9 Å². The summed E-state index contributed by atoms with van der Waals surface area (Å²) in [6, 6.07) is 14.8. The fourth-order valence-corrected chi connectivity index (χ4v) is 4.77. The smallest absolute Gasteiger partial charge is 0.339 e. The third-order valence-electron chi connectivity index (χ3n) is 6.82. The minimum Gasteiger partial charge on any atom is -0.339 e. The van der Waals surface area contributed by atoms with Crippen molar-refractivity contribution in [3.05, 3.63) is 89.6 Å². The maximum absolute atomic E-state index is 13.0. The van der Waals surface area contributed by atoms with Gasteiger partial charge in [-0.3, -0.25) is 9.59 Å². The second-order valence-electron chi connectivity index (χ2n) is 9.10. The van der Waals surface area contributed by atoms with Crippen LogP contribution >= 0.6 is 0 Å². The van der Waals surface area contributed by atoms with Crippen LogP contribution in [0.1, 0.15) is 50.9 Å². The highest BCUT2D eigenvalue weighted by Gasteiger charge is 2.35. The van der Waals surface area contributed by atoms with E-state index in [0.29, 0.717) is 24.3 Å². The lowest BCUT2D eigenvalue weighted by Gasteiger charge is -2.32. The van der Waals surface area contributed by atoms with Gasteiger partial charge in [0, 0.05) is 43.0 Å². The topological polar surface area (TPSA) is 80.1 Å². The molecule has 7 nitrogen and oxygen atoms in total. The van der Waals surface area contributed by atoms with Gasteiger partial charge in [0.15, 0.2) is 0 Å². The molecule has 1 N–H and O–H groups in total. The largest absolute Gasteiger partial charge is 0.431 e. The van der Waals surface area contributed by atoms with E-state index in [4.69, 9.17) is 0 Å². The molecule has 4 aromatic rings. The number of halogens is 3. The molecule has 3 heterocycles. The van der Waals surface area contributed by atoms with Crippen LogP contribution in [0.2, 0.25) is 0 Å². The summed E-state index contributed by atoms with van der Waals surface area (Å²) in [7, 11) is 1.21. The summed E-state index contributed by atoms with van der Waals surface area (Å²) in [4.78, 5) is 35.6. The van der Waals surface area contributed by atoms with E-state index >= 15 is 0 Å². The number of aromatic nitrogens is 3. The van der Waals surface area contributed by atoms with Gasteiger partial charge in [0.1, 0.15) is 17.7 Å².